The Morgan fingerprint density at radius 1 is 1.25 bits per heavy atom. The van der Waals surface area contributed by atoms with Crippen LogP contribution in [0.4, 0.5) is 4.39 Å². The Labute approximate surface area is 141 Å². The van der Waals surface area contributed by atoms with Gasteiger partial charge >= 0.3 is 0 Å². The smallest absolute Gasteiger partial charge is 0.165 e. The highest BCUT2D eigenvalue weighted by Gasteiger charge is 2.21. The Balaban J connectivity index is 1.53. The van der Waals surface area contributed by atoms with Crippen LogP contribution in [0.3, 0.4) is 0 Å². The number of hydrogen-bond acceptors (Lipinski definition) is 5. The maximum absolute atomic E-state index is 14.0. The molecule has 0 saturated heterocycles. The predicted octanol–water partition coefficient (Wildman–Crippen LogP) is 2.77. The average molecular weight is 333 g/mol. The minimum absolute atomic E-state index is 0.177. The number of halogens is 1. The van der Waals surface area contributed by atoms with E-state index in [9.17, 15) is 9.50 Å². The molecule has 1 N–H and O–H groups in total. The van der Waals surface area contributed by atoms with Crippen LogP contribution in [-0.4, -0.2) is 52.3 Å². The fraction of sp³-hybridized carbons (Fsp3) is 0.556. The van der Waals surface area contributed by atoms with Gasteiger partial charge in [-0.05, 0) is 25.3 Å². The van der Waals surface area contributed by atoms with Crippen molar-refractivity contribution >= 4 is 10.9 Å². The summed E-state index contributed by atoms with van der Waals surface area (Å²) in [6.07, 6.45) is 8.79. The Kier molecular flexibility index (Phi) is 5.93. The number of fused-ring (bicyclic) bond motifs is 1. The number of hydrogen-bond donors (Lipinski definition) is 1. The summed E-state index contributed by atoms with van der Waals surface area (Å²) in [4.78, 5) is 10.3. The standard InChI is InChI=1S/C18H24FN3O2/c19-16-10-14-12-20-13-21-17(14)11-18(16)24-9-3-6-22(7-8-23)15-4-1-2-5-15/h10-13,15,23H,1-9H2. The van der Waals surface area contributed by atoms with Gasteiger partial charge in [-0.25, -0.2) is 14.4 Å². The van der Waals surface area contributed by atoms with Crippen molar-refractivity contribution in [1.29, 1.82) is 0 Å². The first kappa shape index (κ1) is 17.0. The highest BCUT2D eigenvalue weighted by atomic mass is 19.1. The second kappa shape index (κ2) is 8.35. The van der Waals surface area contributed by atoms with E-state index in [-0.39, 0.29) is 18.2 Å². The van der Waals surface area contributed by atoms with Gasteiger partial charge in [-0.15, -0.1) is 0 Å². The van der Waals surface area contributed by atoms with Crippen molar-refractivity contribution in [2.75, 3.05) is 26.3 Å². The number of benzene rings is 1. The molecule has 0 amide bonds. The largest absolute Gasteiger partial charge is 0.490 e. The van der Waals surface area contributed by atoms with E-state index in [4.69, 9.17) is 4.74 Å². The van der Waals surface area contributed by atoms with E-state index in [1.807, 2.05) is 0 Å². The summed E-state index contributed by atoms with van der Waals surface area (Å²) in [5.41, 5.74) is 0.675. The monoisotopic (exact) mass is 333 g/mol. The third kappa shape index (κ3) is 4.19. The summed E-state index contributed by atoms with van der Waals surface area (Å²) in [5.74, 6) is -0.156. The summed E-state index contributed by atoms with van der Waals surface area (Å²) < 4.78 is 19.7. The lowest BCUT2D eigenvalue weighted by Crippen LogP contribution is -2.37. The SMILES string of the molecule is OCCN(CCCOc1cc2ncncc2cc1F)C1CCCC1. The molecule has 5 nitrogen and oxygen atoms in total. The van der Waals surface area contributed by atoms with Crippen molar-refractivity contribution in [3.05, 3.63) is 30.5 Å². The average Bonchev–Trinajstić information content (AvgIpc) is 3.12. The molecule has 2 aromatic rings. The van der Waals surface area contributed by atoms with Gasteiger partial charge in [0.05, 0.1) is 18.7 Å². The maximum atomic E-state index is 14.0. The molecule has 1 aliphatic carbocycles. The topological polar surface area (TPSA) is 58.5 Å². The Morgan fingerprint density at radius 2 is 2.08 bits per heavy atom. The molecule has 24 heavy (non-hydrogen) atoms. The summed E-state index contributed by atoms with van der Waals surface area (Å²) in [7, 11) is 0. The van der Waals surface area contributed by atoms with E-state index >= 15 is 0 Å². The zero-order valence-electron chi connectivity index (χ0n) is 13.8. The van der Waals surface area contributed by atoms with Gasteiger partial charge in [0.2, 0.25) is 0 Å². The van der Waals surface area contributed by atoms with Gasteiger partial charge in [-0.1, -0.05) is 12.8 Å². The number of rotatable bonds is 8. The number of ether oxygens (including phenoxy) is 1. The second-order valence-corrected chi connectivity index (χ2v) is 6.26. The number of aromatic nitrogens is 2. The van der Waals surface area contributed by atoms with Gasteiger partial charge in [0.25, 0.3) is 0 Å². The minimum Gasteiger partial charge on any atom is -0.490 e. The molecule has 0 unspecified atom stereocenters. The second-order valence-electron chi connectivity index (χ2n) is 6.26. The van der Waals surface area contributed by atoms with Crippen molar-refractivity contribution in [3.8, 4) is 5.75 Å². The molecule has 3 rings (SSSR count). The van der Waals surface area contributed by atoms with Crippen LogP contribution in [0.25, 0.3) is 10.9 Å². The first-order valence-electron chi connectivity index (χ1n) is 8.65. The van der Waals surface area contributed by atoms with E-state index < -0.39 is 0 Å². The molecular weight excluding hydrogens is 309 g/mol. The summed E-state index contributed by atoms with van der Waals surface area (Å²) in [5, 5.41) is 9.90. The normalized spacial score (nSPS) is 15.5. The zero-order chi connectivity index (χ0) is 16.8. The molecule has 0 atom stereocenters. The molecule has 0 aliphatic heterocycles. The van der Waals surface area contributed by atoms with Crippen LogP contribution < -0.4 is 4.74 Å². The number of nitrogens with zero attached hydrogens (tertiary/aromatic N) is 3. The van der Waals surface area contributed by atoms with E-state index in [1.54, 1.807) is 12.3 Å². The van der Waals surface area contributed by atoms with Crippen molar-refractivity contribution in [2.45, 2.75) is 38.1 Å². The highest BCUT2D eigenvalue weighted by molar-refractivity contribution is 5.79. The molecule has 1 saturated carbocycles. The molecule has 0 spiro atoms. The maximum Gasteiger partial charge on any atom is 0.165 e. The fourth-order valence-electron chi connectivity index (χ4n) is 3.42. The van der Waals surface area contributed by atoms with Crippen LogP contribution in [0.5, 0.6) is 5.75 Å². The molecule has 1 heterocycles. The summed E-state index contributed by atoms with van der Waals surface area (Å²) >= 11 is 0. The lowest BCUT2D eigenvalue weighted by Gasteiger charge is -2.28. The lowest BCUT2D eigenvalue weighted by molar-refractivity contribution is 0.141. The van der Waals surface area contributed by atoms with Gasteiger partial charge in [-0.2, -0.15) is 0 Å². The quantitative estimate of drug-likeness (QED) is 0.753. The zero-order valence-corrected chi connectivity index (χ0v) is 13.8. The van der Waals surface area contributed by atoms with Gasteiger partial charge in [0.1, 0.15) is 6.33 Å². The molecule has 0 bridgehead atoms. The fourth-order valence-corrected chi connectivity index (χ4v) is 3.42. The third-order valence-electron chi connectivity index (χ3n) is 4.63. The summed E-state index contributed by atoms with van der Waals surface area (Å²) in [6.45, 7) is 2.19. The van der Waals surface area contributed by atoms with Crippen LogP contribution in [0.15, 0.2) is 24.7 Å². The van der Waals surface area contributed by atoms with E-state index in [0.717, 1.165) is 13.0 Å². The first-order chi connectivity index (χ1) is 11.8. The van der Waals surface area contributed by atoms with Gasteiger partial charge in [-0.3, -0.25) is 4.90 Å². The van der Waals surface area contributed by atoms with Gasteiger partial charge < -0.3 is 9.84 Å². The van der Waals surface area contributed by atoms with Crippen LogP contribution in [-0.2, 0) is 0 Å². The lowest BCUT2D eigenvalue weighted by atomic mass is 10.2. The molecule has 1 aliphatic rings. The molecule has 6 heteroatoms. The van der Waals surface area contributed by atoms with Gasteiger partial charge in [0.15, 0.2) is 11.6 Å². The van der Waals surface area contributed by atoms with Crippen molar-refractivity contribution in [3.63, 3.8) is 0 Å². The number of aliphatic hydroxyl groups excluding tert-OH is 1. The van der Waals surface area contributed by atoms with E-state index in [1.165, 1.54) is 38.1 Å². The van der Waals surface area contributed by atoms with Crippen molar-refractivity contribution in [2.24, 2.45) is 0 Å². The molecule has 1 fully saturated rings. The Bertz CT molecular complexity index is 662. The molecule has 1 aromatic heterocycles. The first-order valence-corrected chi connectivity index (χ1v) is 8.65. The minimum atomic E-state index is -0.389. The molecule has 130 valence electrons. The molecule has 1 aromatic carbocycles. The van der Waals surface area contributed by atoms with Crippen LogP contribution in [0.2, 0.25) is 0 Å². The third-order valence-corrected chi connectivity index (χ3v) is 4.63. The predicted molar refractivity (Wildman–Crippen MR) is 90.5 cm³/mol. The molecular formula is C18H24FN3O2. The van der Waals surface area contributed by atoms with E-state index in [0.29, 0.717) is 30.1 Å². The van der Waals surface area contributed by atoms with Crippen molar-refractivity contribution < 1.29 is 14.2 Å². The van der Waals surface area contributed by atoms with Crippen LogP contribution in [0, 0.1) is 5.82 Å². The van der Waals surface area contributed by atoms with Crippen LogP contribution in [0.1, 0.15) is 32.1 Å². The Morgan fingerprint density at radius 3 is 2.88 bits per heavy atom. The van der Waals surface area contributed by atoms with Crippen LogP contribution >= 0.6 is 0 Å². The number of aliphatic hydroxyl groups is 1. The highest BCUT2D eigenvalue weighted by Crippen LogP contribution is 2.24. The van der Waals surface area contributed by atoms with Gasteiger partial charge in [0, 0.05) is 36.8 Å². The van der Waals surface area contributed by atoms with Crippen molar-refractivity contribution in [1.82, 2.24) is 14.9 Å². The summed E-state index contributed by atoms with van der Waals surface area (Å²) in [6, 6.07) is 3.60. The van der Waals surface area contributed by atoms with E-state index in [2.05, 4.69) is 14.9 Å². The Hall–Kier alpha value is -1.79. The molecule has 0 radical (unpaired) electrons.